The number of anilines is 1. The van der Waals surface area contributed by atoms with Gasteiger partial charge in [-0.15, -0.1) is 0 Å². The van der Waals surface area contributed by atoms with E-state index in [9.17, 15) is 4.79 Å². The zero-order chi connectivity index (χ0) is 14.9. The van der Waals surface area contributed by atoms with Crippen LogP contribution in [0.1, 0.15) is 55.3 Å². The summed E-state index contributed by atoms with van der Waals surface area (Å²) in [4.78, 5) is 16.8. The third-order valence-electron chi connectivity index (χ3n) is 5.28. The van der Waals surface area contributed by atoms with Crippen molar-refractivity contribution in [2.45, 2.75) is 51.0 Å². The number of rotatable bonds is 2. The molecule has 4 rings (SSSR count). The molecule has 3 aliphatic rings. The van der Waals surface area contributed by atoms with Crippen molar-refractivity contribution in [2.75, 3.05) is 24.7 Å². The number of nitrogens with zero attached hydrogens (tertiary/aromatic N) is 2. The van der Waals surface area contributed by atoms with Crippen LogP contribution >= 0.6 is 0 Å². The van der Waals surface area contributed by atoms with Crippen LogP contribution in [0.2, 0.25) is 0 Å². The molecule has 0 aromatic heterocycles. The van der Waals surface area contributed by atoms with Crippen molar-refractivity contribution in [3.63, 3.8) is 0 Å². The molecule has 1 aliphatic carbocycles. The molecule has 22 heavy (non-hydrogen) atoms. The van der Waals surface area contributed by atoms with Crippen molar-refractivity contribution in [3.8, 4) is 5.75 Å². The van der Waals surface area contributed by atoms with Crippen LogP contribution in [-0.2, 0) is 0 Å². The summed E-state index contributed by atoms with van der Waals surface area (Å²) < 4.78 is 5.87. The Morgan fingerprint density at radius 2 is 1.82 bits per heavy atom. The highest BCUT2D eigenvalue weighted by molar-refractivity contribution is 5.95. The Kier molecular flexibility index (Phi) is 3.68. The van der Waals surface area contributed by atoms with Crippen LogP contribution in [0.3, 0.4) is 0 Å². The fourth-order valence-electron chi connectivity index (χ4n) is 4.01. The first-order valence-corrected chi connectivity index (χ1v) is 8.66. The molecule has 1 saturated heterocycles. The van der Waals surface area contributed by atoms with E-state index in [1.54, 1.807) is 0 Å². The first-order chi connectivity index (χ1) is 10.8. The molecule has 4 nitrogen and oxygen atoms in total. The van der Waals surface area contributed by atoms with Gasteiger partial charge in [-0.2, -0.15) is 0 Å². The SMILES string of the molecule is O=C(c1ccc2c(c1)OCN2C1CCCCC1)N1CCCC1. The lowest BCUT2D eigenvalue weighted by atomic mass is 9.94. The van der Waals surface area contributed by atoms with Gasteiger partial charge < -0.3 is 14.5 Å². The summed E-state index contributed by atoms with van der Waals surface area (Å²) in [5, 5.41) is 0. The summed E-state index contributed by atoms with van der Waals surface area (Å²) >= 11 is 0. The fourth-order valence-corrected chi connectivity index (χ4v) is 4.01. The number of carbonyl (C=O) groups excluding carboxylic acids is 1. The molecule has 0 N–H and O–H groups in total. The van der Waals surface area contributed by atoms with Crippen molar-refractivity contribution >= 4 is 11.6 Å². The van der Waals surface area contributed by atoms with Crippen molar-refractivity contribution in [3.05, 3.63) is 23.8 Å². The molecule has 0 atom stereocenters. The van der Waals surface area contributed by atoms with Gasteiger partial charge in [0.05, 0.1) is 5.69 Å². The van der Waals surface area contributed by atoms with Crippen LogP contribution in [0.4, 0.5) is 5.69 Å². The maximum atomic E-state index is 12.5. The van der Waals surface area contributed by atoms with Crippen LogP contribution < -0.4 is 9.64 Å². The second kappa shape index (κ2) is 5.82. The van der Waals surface area contributed by atoms with Gasteiger partial charge in [0, 0.05) is 24.7 Å². The standard InChI is InChI=1S/C18H24N2O2/c21-18(19-10-4-5-11-19)14-8-9-16-17(12-14)22-13-20(16)15-6-2-1-3-7-15/h8-9,12,15H,1-7,10-11,13H2. The molecular formula is C18H24N2O2. The van der Waals surface area contributed by atoms with Gasteiger partial charge in [0.2, 0.25) is 0 Å². The Morgan fingerprint density at radius 3 is 2.59 bits per heavy atom. The molecule has 1 aromatic rings. The van der Waals surface area contributed by atoms with Crippen molar-refractivity contribution in [1.82, 2.24) is 4.90 Å². The van der Waals surface area contributed by atoms with E-state index in [0.29, 0.717) is 12.8 Å². The lowest BCUT2D eigenvalue weighted by Crippen LogP contribution is -2.36. The molecule has 1 aromatic carbocycles. The summed E-state index contributed by atoms with van der Waals surface area (Å²) in [5.41, 5.74) is 1.94. The van der Waals surface area contributed by atoms with Gasteiger partial charge >= 0.3 is 0 Å². The van der Waals surface area contributed by atoms with E-state index in [-0.39, 0.29) is 5.91 Å². The first-order valence-electron chi connectivity index (χ1n) is 8.66. The van der Waals surface area contributed by atoms with Crippen LogP contribution in [0.15, 0.2) is 18.2 Å². The third kappa shape index (κ3) is 2.44. The highest BCUT2D eigenvalue weighted by atomic mass is 16.5. The van der Waals surface area contributed by atoms with Gasteiger partial charge in [-0.05, 0) is 43.9 Å². The Hall–Kier alpha value is -1.71. The van der Waals surface area contributed by atoms with Crippen LogP contribution in [0.25, 0.3) is 0 Å². The van der Waals surface area contributed by atoms with E-state index < -0.39 is 0 Å². The number of fused-ring (bicyclic) bond motifs is 1. The lowest BCUT2D eigenvalue weighted by molar-refractivity contribution is 0.0792. The molecule has 0 radical (unpaired) electrons. The molecule has 2 heterocycles. The number of carbonyl (C=O) groups is 1. The van der Waals surface area contributed by atoms with Gasteiger partial charge in [-0.25, -0.2) is 0 Å². The summed E-state index contributed by atoms with van der Waals surface area (Å²) in [5.74, 6) is 1.04. The highest BCUT2D eigenvalue weighted by Gasteiger charge is 2.29. The lowest BCUT2D eigenvalue weighted by Gasteiger charge is -2.31. The number of hydrogen-bond acceptors (Lipinski definition) is 3. The Balaban J connectivity index is 1.53. The third-order valence-corrected chi connectivity index (χ3v) is 5.28. The fraction of sp³-hybridized carbons (Fsp3) is 0.611. The minimum absolute atomic E-state index is 0.153. The normalized spacial score (nSPS) is 21.8. The minimum Gasteiger partial charge on any atom is -0.471 e. The molecule has 1 amide bonds. The summed E-state index contributed by atoms with van der Waals surface area (Å²) in [6, 6.07) is 6.61. The maximum Gasteiger partial charge on any atom is 0.253 e. The quantitative estimate of drug-likeness (QED) is 0.839. The molecule has 1 saturated carbocycles. The van der Waals surface area contributed by atoms with Crippen molar-refractivity contribution in [1.29, 1.82) is 0 Å². The number of likely N-dealkylation sites (tertiary alicyclic amines) is 1. The Bertz CT molecular complexity index is 560. The molecule has 4 heteroatoms. The van der Waals surface area contributed by atoms with E-state index in [4.69, 9.17) is 4.74 Å². The molecule has 0 unspecified atom stereocenters. The van der Waals surface area contributed by atoms with Gasteiger partial charge in [0.1, 0.15) is 5.75 Å². The second-order valence-corrected chi connectivity index (χ2v) is 6.72. The summed E-state index contributed by atoms with van der Waals surface area (Å²) in [6.07, 6.45) is 8.78. The number of amides is 1. The molecule has 2 fully saturated rings. The minimum atomic E-state index is 0.153. The zero-order valence-electron chi connectivity index (χ0n) is 13.1. The van der Waals surface area contributed by atoms with Gasteiger partial charge in [0.15, 0.2) is 6.73 Å². The molecule has 2 aliphatic heterocycles. The van der Waals surface area contributed by atoms with E-state index in [2.05, 4.69) is 11.0 Å². The monoisotopic (exact) mass is 300 g/mol. The van der Waals surface area contributed by atoms with Crippen LogP contribution in [-0.4, -0.2) is 36.7 Å². The maximum absolute atomic E-state index is 12.5. The average Bonchev–Trinajstić information content (AvgIpc) is 3.24. The number of ether oxygens (including phenoxy) is 1. The van der Waals surface area contributed by atoms with Crippen LogP contribution in [0, 0.1) is 0 Å². The highest BCUT2D eigenvalue weighted by Crippen LogP contribution is 2.39. The average molecular weight is 300 g/mol. The van der Waals surface area contributed by atoms with E-state index >= 15 is 0 Å². The van der Waals surface area contributed by atoms with Gasteiger partial charge in [-0.3, -0.25) is 4.79 Å². The smallest absolute Gasteiger partial charge is 0.253 e. The van der Waals surface area contributed by atoms with E-state index in [1.165, 1.54) is 37.8 Å². The van der Waals surface area contributed by atoms with Gasteiger partial charge in [-0.1, -0.05) is 19.3 Å². The van der Waals surface area contributed by atoms with E-state index in [0.717, 1.165) is 37.2 Å². The summed E-state index contributed by atoms with van der Waals surface area (Å²) in [6.45, 7) is 2.43. The molecule has 118 valence electrons. The van der Waals surface area contributed by atoms with Crippen LogP contribution in [0.5, 0.6) is 5.75 Å². The first kappa shape index (κ1) is 13.9. The summed E-state index contributed by atoms with van der Waals surface area (Å²) in [7, 11) is 0. The second-order valence-electron chi connectivity index (χ2n) is 6.72. The van der Waals surface area contributed by atoms with Crippen molar-refractivity contribution in [2.24, 2.45) is 0 Å². The molecule has 0 bridgehead atoms. The predicted molar refractivity (Wildman–Crippen MR) is 86.4 cm³/mol. The largest absolute Gasteiger partial charge is 0.471 e. The topological polar surface area (TPSA) is 32.8 Å². The zero-order valence-corrected chi connectivity index (χ0v) is 13.1. The molecular weight excluding hydrogens is 276 g/mol. The number of hydrogen-bond donors (Lipinski definition) is 0. The Labute approximate surface area is 132 Å². The Morgan fingerprint density at radius 1 is 1.05 bits per heavy atom. The predicted octanol–water partition coefficient (Wildman–Crippen LogP) is 3.41. The van der Waals surface area contributed by atoms with E-state index in [1.807, 2.05) is 17.0 Å². The number of benzene rings is 1. The van der Waals surface area contributed by atoms with Gasteiger partial charge in [0.25, 0.3) is 5.91 Å². The molecule has 0 spiro atoms. The van der Waals surface area contributed by atoms with Crippen molar-refractivity contribution < 1.29 is 9.53 Å².